The highest BCUT2D eigenvalue weighted by Crippen LogP contribution is 2.21. The van der Waals surface area contributed by atoms with Crippen LogP contribution in [-0.4, -0.2) is 87.5 Å². The molecule has 2 atom stereocenters. The molecule has 3 aliphatic heterocycles. The standard InChI is InChI=1S/C18H34N4O2.HI/c1-19-18(20-8-11-21-9-4-2-3-5-10-21)22-12-14-24-17(15-22)16-7-6-13-23-16;/h16-17H,2-15H2,1H3,(H,19,20);1H. The van der Waals surface area contributed by atoms with E-state index in [0.717, 1.165) is 58.2 Å². The molecule has 3 rings (SSSR count). The number of nitrogens with zero attached hydrogens (tertiary/aromatic N) is 3. The minimum atomic E-state index is 0. The molecule has 0 amide bonds. The van der Waals surface area contributed by atoms with Crippen LogP contribution in [0.3, 0.4) is 0 Å². The van der Waals surface area contributed by atoms with E-state index >= 15 is 0 Å². The SMILES string of the molecule is CN=C(NCCN1CCCCCC1)N1CCOC(C2CCCO2)C1.I. The van der Waals surface area contributed by atoms with Gasteiger partial charge in [0, 0.05) is 39.8 Å². The number of aliphatic imine (C=N–C) groups is 1. The minimum Gasteiger partial charge on any atom is -0.375 e. The Labute approximate surface area is 169 Å². The van der Waals surface area contributed by atoms with E-state index < -0.39 is 0 Å². The lowest BCUT2D eigenvalue weighted by atomic mass is 10.1. The zero-order valence-electron chi connectivity index (χ0n) is 15.6. The summed E-state index contributed by atoms with van der Waals surface area (Å²) in [5, 5.41) is 3.56. The molecule has 3 aliphatic rings. The predicted molar refractivity (Wildman–Crippen MR) is 112 cm³/mol. The van der Waals surface area contributed by atoms with Crippen molar-refractivity contribution in [3.05, 3.63) is 0 Å². The van der Waals surface area contributed by atoms with Gasteiger partial charge in [-0.1, -0.05) is 12.8 Å². The van der Waals surface area contributed by atoms with E-state index in [4.69, 9.17) is 9.47 Å². The maximum absolute atomic E-state index is 5.94. The second-order valence-electron chi connectivity index (χ2n) is 7.14. The number of hydrogen-bond donors (Lipinski definition) is 1. The van der Waals surface area contributed by atoms with Crippen LogP contribution in [0, 0.1) is 0 Å². The molecule has 0 radical (unpaired) electrons. The zero-order chi connectivity index (χ0) is 16.6. The van der Waals surface area contributed by atoms with Crippen molar-refractivity contribution in [2.45, 2.75) is 50.7 Å². The van der Waals surface area contributed by atoms with Gasteiger partial charge in [-0.3, -0.25) is 4.99 Å². The van der Waals surface area contributed by atoms with Crippen molar-refractivity contribution >= 4 is 29.9 Å². The summed E-state index contributed by atoms with van der Waals surface area (Å²) in [6.07, 6.45) is 8.22. The van der Waals surface area contributed by atoms with Crippen molar-refractivity contribution in [2.75, 3.05) is 59.5 Å². The molecule has 25 heavy (non-hydrogen) atoms. The largest absolute Gasteiger partial charge is 0.375 e. The van der Waals surface area contributed by atoms with Crippen LogP contribution in [0.5, 0.6) is 0 Å². The van der Waals surface area contributed by atoms with Crippen LogP contribution < -0.4 is 5.32 Å². The Balaban J connectivity index is 0.00000225. The Morgan fingerprint density at radius 2 is 1.76 bits per heavy atom. The van der Waals surface area contributed by atoms with Crippen LogP contribution in [0.1, 0.15) is 38.5 Å². The molecule has 1 N–H and O–H groups in total. The van der Waals surface area contributed by atoms with Crippen molar-refractivity contribution in [1.82, 2.24) is 15.1 Å². The molecule has 0 aromatic carbocycles. The fourth-order valence-corrected chi connectivity index (χ4v) is 4.01. The van der Waals surface area contributed by atoms with Crippen LogP contribution in [0.4, 0.5) is 0 Å². The average Bonchev–Trinajstić information content (AvgIpc) is 3.04. The van der Waals surface area contributed by atoms with Crippen LogP contribution in [-0.2, 0) is 9.47 Å². The number of morpholine rings is 1. The lowest BCUT2D eigenvalue weighted by molar-refractivity contribution is -0.0817. The molecular weight excluding hydrogens is 431 g/mol. The normalized spacial score (nSPS) is 29.2. The molecule has 6 nitrogen and oxygen atoms in total. The number of likely N-dealkylation sites (tertiary alicyclic amines) is 1. The molecule has 0 aliphatic carbocycles. The molecule has 7 heteroatoms. The summed E-state index contributed by atoms with van der Waals surface area (Å²) in [5.41, 5.74) is 0. The molecule has 0 aromatic rings. The van der Waals surface area contributed by atoms with Gasteiger partial charge in [0.05, 0.1) is 12.7 Å². The van der Waals surface area contributed by atoms with Crippen molar-refractivity contribution in [1.29, 1.82) is 0 Å². The van der Waals surface area contributed by atoms with Crippen molar-refractivity contribution < 1.29 is 9.47 Å². The van der Waals surface area contributed by atoms with E-state index in [0.29, 0.717) is 0 Å². The predicted octanol–water partition coefficient (Wildman–Crippen LogP) is 1.94. The first-order valence-corrected chi connectivity index (χ1v) is 9.78. The van der Waals surface area contributed by atoms with E-state index in [2.05, 4.69) is 20.1 Å². The average molecular weight is 466 g/mol. The maximum Gasteiger partial charge on any atom is 0.193 e. The van der Waals surface area contributed by atoms with Crippen LogP contribution in [0.25, 0.3) is 0 Å². The maximum atomic E-state index is 5.94. The van der Waals surface area contributed by atoms with E-state index in [1.165, 1.54) is 38.8 Å². The zero-order valence-corrected chi connectivity index (χ0v) is 18.0. The fraction of sp³-hybridized carbons (Fsp3) is 0.944. The van der Waals surface area contributed by atoms with Crippen LogP contribution >= 0.6 is 24.0 Å². The second-order valence-corrected chi connectivity index (χ2v) is 7.14. The molecule has 3 fully saturated rings. The number of guanidine groups is 1. The Bertz CT molecular complexity index is 397. The lowest BCUT2D eigenvalue weighted by Crippen LogP contribution is -2.54. The van der Waals surface area contributed by atoms with Crippen molar-refractivity contribution in [2.24, 2.45) is 4.99 Å². The summed E-state index contributed by atoms with van der Waals surface area (Å²) >= 11 is 0. The third kappa shape index (κ3) is 6.52. The van der Waals surface area contributed by atoms with Gasteiger partial charge in [-0.2, -0.15) is 0 Å². The number of halogens is 1. The second kappa shape index (κ2) is 11.6. The summed E-state index contributed by atoms with van der Waals surface area (Å²) < 4.78 is 11.8. The van der Waals surface area contributed by atoms with E-state index in [1.807, 2.05) is 7.05 Å². The Morgan fingerprint density at radius 3 is 2.44 bits per heavy atom. The van der Waals surface area contributed by atoms with Gasteiger partial charge in [0.2, 0.25) is 0 Å². The van der Waals surface area contributed by atoms with Gasteiger partial charge in [-0.15, -0.1) is 24.0 Å². The number of hydrogen-bond acceptors (Lipinski definition) is 4. The summed E-state index contributed by atoms with van der Waals surface area (Å²) in [7, 11) is 1.88. The quantitative estimate of drug-likeness (QED) is 0.390. The van der Waals surface area contributed by atoms with E-state index in [-0.39, 0.29) is 36.2 Å². The Kier molecular flexibility index (Phi) is 9.80. The molecule has 3 saturated heterocycles. The Morgan fingerprint density at radius 1 is 1.00 bits per heavy atom. The van der Waals surface area contributed by atoms with Crippen LogP contribution in [0.15, 0.2) is 4.99 Å². The third-order valence-corrected chi connectivity index (χ3v) is 5.39. The van der Waals surface area contributed by atoms with Crippen molar-refractivity contribution in [3.8, 4) is 0 Å². The highest BCUT2D eigenvalue weighted by molar-refractivity contribution is 14.0. The van der Waals surface area contributed by atoms with Crippen LogP contribution in [0.2, 0.25) is 0 Å². The Hall–Kier alpha value is -0.120. The number of nitrogens with one attached hydrogen (secondary N) is 1. The summed E-state index contributed by atoms with van der Waals surface area (Å²) in [6, 6.07) is 0. The van der Waals surface area contributed by atoms with Gasteiger partial charge in [-0.05, 0) is 38.8 Å². The summed E-state index contributed by atoms with van der Waals surface area (Å²) in [6.45, 7) is 8.01. The van der Waals surface area contributed by atoms with Gasteiger partial charge >= 0.3 is 0 Å². The minimum absolute atomic E-state index is 0. The van der Waals surface area contributed by atoms with Gasteiger partial charge < -0.3 is 24.6 Å². The van der Waals surface area contributed by atoms with Gasteiger partial charge in [0.25, 0.3) is 0 Å². The monoisotopic (exact) mass is 466 g/mol. The first-order chi connectivity index (χ1) is 11.9. The van der Waals surface area contributed by atoms with Crippen molar-refractivity contribution in [3.63, 3.8) is 0 Å². The van der Waals surface area contributed by atoms with E-state index in [9.17, 15) is 0 Å². The van der Waals surface area contributed by atoms with Gasteiger partial charge in [0.15, 0.2) is 5.96 Å². The number of rotatable bonds is 4. The number of ether oxygens (including phenoxy) is 2. The highest BCUT2D eigenvalue weighted by atomic mass is 127. The first kappa shape index (κ1) is 21.2. The molecule has 3 heterocycles. The smallest absolute Gasteiger partial charge is 0.193 e. The third-order valence-electron chi connectivity index (χ3n) is 5.39. The van der Waals surface area contributed by atoms with Gasteiger partial charge in [-0.25, -0.2) is 0 Å². The molecule has 0 saturated carbocycles. The fourth-order valence-electron chi connectivity index (χ4n) is 4.01. The molecule has 2 unspecified atom stereocenters. The molecular formula is C18H35IN4O2. The molecule has 0 spiro atoms. The topological polar surface area (TPSA) is 49.3 Å². The lowest BCUT2D eigenvalue weighted by Gasteiger charge is -2.37. The first-order valence-electron chi connectivity index (χ1n) is 9.78. The summed E-state index contributed by atoms with van der Waals surface area (Å²) in [4.78, 5) is 9.41. The van der Waals surface area contributed by atoms with E-state index in [1.54, 1.807) is 0 Å². The summed E-state index contributed by atoms with van der Waals surface area (Å²) in [5.74, 6) is 1.01. The van der Waals surface area contributed by atoms with Gasteiger partial charge in [0.1, 0.15) is 6.10 Å². The highest BCUT2D eigenvalue weighted by Gasteiger charge is 2.32. The molecule has 0 bridgehead atoms. The molecule has 0 aromatic heterocycles. The molecule has 146 valence electrons.